The highest BCUT2D eigenvalue weighted by molar-refractivity contribution is 9.09. The molecule has 0 aliphatic rings. The molecule has 26 heavy (non-hydrogen) atoms. The molecule has 0 bridgehead atoms. The molecule has 0 spiro atoms. The molecule has 158 valence electrons. The number of alkyl halides is 1. The fraction of sp³-hybridized carbons (Fsp3) is 1.00. The Morgan fingerprint density at radius 3 is 1.54 bits per heavy atom. The number of ether oxygens (including phenoxy) is 3. The molecule has 0 aliphatic heterocycles. The molecule has 1 atom stereocenters. The van der Waals surface area contributed by atoms with E-state index in [9.17, 15) is 0 Å². The first-order valence-corrected chi connectivity index (χ1v) is 12.3. The second-order valence-corrected chi connectivity index (χ2v) is 8.03. The van der Waals surface area contributed by atoms with E-state index in [1.807, 2.05) is 0 Å². The average Bonchev–Trinajstić information content (AvgIpc) is 2.67. The molecule has 0 fully saturated rings. The molecule has 0 aliphatic carbocycles. The predicted octanol–water partition coefficient (Wildman–Crippen LogP) is 7.46. The van der Waals surface area contributed by atoms with Crippen molar-refractivity contribution in [1.29, 1.82) is 0 Å². The molecule has 0 aromatic heterocycles. The first-order valence-electron chi connectivity index (χ1n) is 11.2. The van der Waals surface area contributed by atoms with Gasteiger partial charge in [0.2, 0.25) is 0 Å². The van der Waals surface area contributed by atoms with E-state index < -0.39 is 5.97 Å². The Kier molecular flexibility index (Phi) is 19.0. The molecule has 0 N–H and O–H groups in total. The summed E-state index contributed by atoms with van der Waals surface area (Å²) in [5.41, 5.74) is 0. The second kappa shape index (κ2) is 18.7. The molecule has 0 heterocycles. The molecule has 0 radical (unpaired) electrons. The summed E-state index contributed by atoms with van der Waals surface area (Å²) < 4.78 is 18.8. The van der Waals surface area contributed by atoms with Crippen LogP contribution in [0.3, 0.4) is 0 Å². The zero-order valence-electron chi connectivity index (χ0n) is 18.0. The number of rotatable bonds is 20. The van der Waals surface area contributed by atoms with Gasteiger partial charge in [0.25, 0.3) is 5.97 Å². The van der Waals surface area contributed by atoms with Crippen LogP contribution in [0.1, 0.15) is 105 Å². The topological polar surface area (TPSA) is 27.7 Å². The van der Waals surface area contributed by atoms with Gasteiger partial charge >= 0.3 is 0 Å². The maximum absolute atomic E-state index is 6.28. The lowest BCUT2D eigenvalue weighted by Gasteiger charge is -2.40. The summed E-state index contributed by atoms with van der Waals surface area (Å²) in [7, 11) is 0. The lowest BCUT2D eigenvalue weighted by atomic mass is 9.93. The molecular formula is C22H45BrO3. The van der Waals surface area contributed by atoms with Gasteiger partial charge in [-0.3, -0.25) is 0 Å². The Balaban J connectivity index is 4.98. The minimum absolute atomic E-state index is 0.302. The van der Waals surface area contributed by atoms with Crippen molar-refractivity contribution >= 4 is 15.9 Å². The quantitative estimate of drug-likeness (QED) is 0.112. The molecule has 4 heteroatoms. The summed E-state index contributed by atoms with van der Waals surface area (Å²) in [6, 6.07) is 0. The van der Waals surface area contributed by atoms with Crippen LogP contribution in [0, 0.1) is 5.92 Å². The van der Waals surface area contributed by atoms with E-state index in [0.29, 0.717) is 25.7 Å². The summed E-state index contributed by atoms with van der Waals surface area (Å²) in [5.74, 6) is -0.552. The predicted molar refractivity (Wildman–Crippen MR) is 116 cm³/mol. The van der Waals surface area contributed by atoms with Gasteiger partial charge in [0.1, 0.15) is 0 Å². The van der Waals surface area contributed by atoms with Gasteiger partial charge in [0.05, 0.1) is 19.8 Å². The second-order valence-electron chi connectivity index (χ2n) is 7.23. The Morgan fingerprint density at radius 1 is 0.615 bits per heavy atom. The zero-order valence-corrected chi connectivity index (χ0v) is 19.6. The van der Waals surface area contributed by atoms with Crippen LogP contribution in [0.4, 0.5) is 0 Å². The highest BCUT2D eigenvalue weighted by Crippen LogP contribution is 2.34. The van der Waals surface area contributed by atoms with Gasteiger partial charge < -0.3 is 14.2 Å². The maximum Gasteiger partial charge on any atom is 0.285 e. The van der Waals surface area contributed by atoms with Crippen LogP contribution in [0.5, 0.6) is 0 Å². The van der Waals surface area contributed by atoms with Crippen LogP contribution in [0.25, 0.3) is 0 Å². The van der Waals surface area contributed by atoms with E-state index in [4.69, 9.17) is 14.2 Å². The largest absolute Gasteiger partial charge is 0.327 e. The third kappa shape index (κ3) is 11.9. The van der Waals surface area contributed by atoms with Crippen molar-refractivity contribution in [2.24, 2.45) is 5.92 Å². The molecule has 3 nitrogen and oxygen atoms in total. The number of hydrogen-bond acceptors (Lipinski definition) is 3. The first kappa shape index (κ1) is 26.4. The fourth-order valence-electron chi connectivity index (χ4n) is 3.20. The van der Waals surface area contributed by atoms with E-state index in [1.54, 1.807) is 0 Å². The van der Waals surface area contributed by atoms with E-state index in [1.165, 1.54) is 38.5 Å². The smallest absolute Gasteiger partial charge is 0.285 e. The van der Waals surface area contributed by atoms with Crippen molar-refractivity contribution in [3.05, 3.63) is 0 Å². The Hall–Kier alpha value is 0.360. The summed E-state index contributed by atoms with van der Waals surface area (Å²) in [6.45, 7) is 10.8. The van der Waals surface area contributed by atoms with Crippen LogP contribution >= 0.6 is 15.9 Å². The van der Waals surface area contributed by atoms with Crippen molar-refractivity contribution in [3.8, 4) is 0 Å². The van der Waals surface area contributed by atoms with Gasteiger partial charge in [-0.2, -0.15) is 0 Å². The van der Waals surface area contributed by atoms with Crippen molar-refractivity contribution < 1.29 is 14.2 Å². The third-order valence-electron chi connectivity index (χ3n) is 4.61. The SMILES string of the molecule is CCCCCCCCC(CCCBr)C(OCCC)(OCCC)OCCC. The maximum atomic E-state index is 6.28. The molecule has 0 aromatic rings. The Morgan fingerprint density at radius 2 is 1.08 bits per heavy atom. The highest BCUT2D eigenvalue weighted by atomic mass is 79.9. The monoisotopic (exact) mass is 436 g/mol. The van der Waals surface area contributed by atoms with Gasteiger partial charge in [-0.15, -0.1) is 0 Å². The summed E-state index contributed by atoms with van der Waals surface area (Å²) in [6.07, 6.45) is 14.2. The van der Waals surface area contributed by atoms with E-state index in [2.05, 4.69) is 43.6 Å². The van der Waals surface area contributed by atoms with E-state index >= 15 is 0 Å². The van der Waals surface area contributed by atoms with Crippen molar-refractivity contribution in [1.82, 2.24) is 0 Å². The van der Waals surface area contributed by atoms with Gasteiger partial charge in [-0.25, -0.2) is 0 Å². The highest BCUT2D eigenvalue weighted by Gasteiger charge is 2.41. The third-order valence-corrected chi connectivity index (χ3v) is 5.18. The molecule has 1 unspecified atom stereocenters. The van der Waals surface area contributed by atoms with Crippen molar-refractivity contribution in [2.75, 3.05) is 25.2 Å². The standard InChI is InChI=1S/C22H45BrO3/c1-5-9-10-11-12-13-15-21(16-14-17-23)22(24-18-6-2,25-19-7-3)26-20-8-4/h21H,5-20H2,1-4H3. The molecule has 0 rings (SSSR count). The Bertz CT molecular complexity index is 265. The zero-order chi connectivity index (χ0) is 19.5. The number of unbranched alkanes of at least 4 members (excludes halogenated alkanes) is 5. The van der Waals surface area contributed by atoms with E-state index in [0.717, 1.165) is 43.9 Å². The van der Waals surface area contributed by atoms with Gasteiger partial charge in [0.15, 0.2) is 0 Å². The molecule has 0 saturated carbocycles. The van der Waals surface area contributed by atoms with Crippen molar-refractivity contribution in [3.63, 3.8) is 0 Å². The summed E-state index contributed by atoms with van der Waals surface area (Å²) in [4.78, 5) is 0. The lowest BCUT2D eigenvalue weighted by Crippen LogP contribution is -2.47. The molecular weight excluding hydrogens is 392 g/mol. The number of hydrogen-bond donors (Lipinski definition) is 0. The Labute approximate surface area is 172 Å². The van der Waals surface area contributed by atoms with Crippen LogP contribution in [-0.2, 0) is 14.2 Å². The van der Waals surface area contributed by atoms with Crippen LogP contribution < -0.4 is 0 Å². The van der Waals surface area contributed by atoms with Crippen LogP contribution in [0.15, 0.2) is 0 Å². The van der Waals surface area contributed by atoms with Crippen molar-refractivity contribution in [2.45, 2.75) is 111 Å². The lowest BCUT2D eigenvalue weighted by molar-refractivity contribution is -0.406. The van der Waals surface area contributed by atoms with Gasteiger partial charge in [0, 0.05) is 11.2 Å². The summed E-state index contributed by atoms with van der Waals surface area (Å²) >= 11 is 3.59. The van der Waals surface area contributed by atoms with Crippen LogP contribution in [0.2, 0.25) is 0 Å². The summed E-state index contributed by atoms with van der Waals surface area (Å²) in [5, 5.41) is 1.02. The van der Waals surface area contributed by atoms with Gasteiger partial charge in [-0.05, 0) is 38.5 Å². The van der Waals surface area contributed by atoms with Crippen LogP contribution in [-0.4, -0.2) is 31.1 Å². The first-order chi connectivity index (χ1) is 12.7. The molecule has 0 amide bonds. The minimum Gasteiger partial charge on any atom is -0.327 e. The molecule has 0 aromatic carbocycles. The average molecular weight is 438 g/mol. The minimum atomic E-state index is -0.854. The van der Waals surface area contributed by atoms with E-state index in [-0.39, 0.29) is 0 Å². The molecule has 0 saturated heterocycles. The fourth-order valence-corrected chi connectivity index (χ4v) is 3.53. The number of halogens is 1. The normalized spacial score (nSPS) is 13.3. The van der Waals surface area contributed by atoms with Gasteiger partial charge in [-0.1, -0.05) is 82.1 Å².